The Bertz CT molecular complexity index is 1380. The second-order valence-corrected chi connectivity index (χ2v) is 9.51. The van der Waals surface area contributed by atoms with Crippen molar-refractivity contribution in [2.75, 3.05) is 26.3 Å². The number of imidazole rings is 1. The molecule has 35 heavy (non-hydrogen) atoms. The molecule has 4 heterocycles. The van der Waals surface area contributed by atoms with E-state index in [1.807, 2.05) is 53.6 Å². The largest absolute Gasteiger partial charge is 0.377 e. The summed E-state index contributed by atoms with van der Waals surface area (Å²) in [7, 11) is 0. The van der Waals surface area contributed by atoms with E-state index < -0.39 is 5.82 Å². The Hall–Kier alpha value is -3.26. The molecule has 2 atom stereocenters. The van der Waals surface area contributed by atoms with E-state index in [1.54, 1.807) is 18.2 Å². The smallest absolute Gasteiger partial charge is 0.257 e. The minimum atomic E-state index is -0.489. The number of hydrogen-bond donors (Lipinski definition) is 0. The number of amides is 1. The predicted octanol–water partition coefficient (Wildman–Crippen LogP) is 4.52. The molecule has 178 valence electrons. The van der Waals surface area contributed by atoms with Gasteiger partial charge in [-0.1, -0.05) is 41.9 Å². The van der Waals surface area contributed by atoms with E-state index >= 15 is 0 Å². The van der Waals surface area contributed by atoms with Crippen LogP contribution in [0.1, 0.15) is 16.1 Å². The highest BCUT2D eigenvalue weighted by atomic mass is 35.5. The summed E-state index contributed by atoms with van der Waals surface area (Å²) in [4.78, 5) is 22.4. The van der Waals surface area contributed by atoms with Gasteiger partial charge in [-0.25, -0.2) is 9.37 Å². The van der Waals surface area contributed by atoms with E-state index in [0.29, 0.717) is 37.9 Å². The first-order chi connectivity index (χ1) is 17.1. The zero-order valence-corrected chi connectivity index (χ0v) is 19.7. The summed E-state index contributed by atoms with van der Waals surface area (Å²) in [6.07, 6.45) is 2.03. The molecule has 6 rings (SSSR count). The molecule has 4 aromatic rings. The molecule has 2 saturated heterocycles. The average molecular weight is 491 g/mol. The molecule has 0 saturated carbocycles. The van der Waals surface area contributed by atoms with Gasteiger partial charge in [-0.15, -0.1) is 0 Å². The van der Waals surface area contributed by atoms with Crippen LogP contribution in [-0.2, 0) is 11.3 Å². The van der Waals surface area contributed by atoms with Gasteiger partial charge in [0.25, 0.3) is 5.91 Å². The van der Waals surface area contributed by atoms with Gasteiger partial charge in [0.05, 0.1) is 42.2 Å². The lowest BCUT2D eigenvalue weighted by atomic mass is 10.0. The quantitative estimate of drug-likeness (QED) is 0.422. The molecule has 6 nitrogen and oxygen atoms in total. The fourth-order valence-electron chi connectivity index (χ4n) is 5.23. The van der Waals surface area contributed by atoms with Crippen molar-refractivity contribution >= 4 is 23.2 Å². The highest BCUT2D eigenvalue weighted by Crippen LogP contribution is 2.30. The van der Waals surface area contributed by atoms with Crippen LogP contribution in [0.2, 0.25) is 5.02 Å². The van der Waals surface area contributed by atoms with Crippen molar-refractivity contribution in [1.82, 2.24) is 19.2 Å². The summed E-state index contributed by atoms with van der Waals surface area (Å²) in [6.45, 7) is 2.81. The molecule has 2 fully saturated rings. The van der Waals surface area contributed by atoms with E-state index in [0.717, 1.165) is 22.6 Å². The van der Waals surface area contributed by atoms with E-state index in [-0.39, 0.29) is 23.6 Å². The minimum absolute atomic E-state index is 0.115. The Morgan fingerprint density at radius 3 is 2.46 bits per heavy atom. The lowest BCUT2D eigenvalue weighted by molar-refractivity contribution is -0.0817. The number of nitrogens with zero attached hydrogens (tertiary/aromatic N) is 4. The molecule has 8 heteroatoms. The van der Waals surface area contributed by atoms with Crippen molar-refractivity contribution in [2.45, 2.75) is 18.6 Å². The summed E-state index contributed by atoms with van der Waals surface area (Å²) < 4.78 is 22.3. The van der Waals surface area contributed by atoms with Crippen LogP contribution in [0.15, 0.2) is 72.9 Å². The van der Waals surface area contributed by atoms with Gasteiger partial charge in [-0.05, 0) is 36.4 Å². The number of carbonyl (C=O) groups excluding carboxylic acids is 1. The maximum atomic E-state index is 14.4. The molecule has 2 aromatic carbocycles. The summed E-state index contributed by atoms with van der Waals surface area (Å²) in [5, 5.41) is 0.683. The van der Waals surface area contributed by atoms with Gasteiger partial charge in [0.15, 0.2) is 0 Å². The van der Waals surface area contributed by atoms with Crippen molar-refractivity contribution in [2.24, 2.45) is 0 Å². The number of pyridine rings is 1. The number of carbonyl (C=O) groups is 1. The van der Waals surface area contributed by atoms with Crippen LogP contribution in [0.25, 0.3) is 16.9 Å². The van der Waals surface area contributed by atoms with Gasteiger partial charge in [-0.2, -0.15) is 0 Å². The molecule has 0 spiro atoms. The fourth-order valence-corrected chi connectivity index (χ4v) is 5.36. The van der Waals surface area contributed by atoms with Crippen molar-refractivity contribution in [1.29, 1.82) is 0 Å². The number of aromatic nitrogens is 2. The summed E-state index contributed by atoms with van der Waals surface area (Å²) in [5.41, 5.74) is 3.99. The number of piperazine rings is 1. The number of hydrogen-bond acceptors (Lipinski definition) is 4. The molecule has 2 aliphatic heterocycles. The molecule has 2 aliphatic rings. The first-order valence-corrected chi connectivity index (χ1v) is 12.1. The Kier molecular flexibility index (Phi) is 5.76. The second kappa shape index (κ2) is 9.07. The van der Waals surface area contributed by atoms with E-state index in [2.05, 4.69) is 9.30 Å². The lowest BCUT2D eigenvalue weighted by Crippen LogP contribution is -2.66. The fraction of sp³-hybridized carbons (Fsp3) is 0.259. The molecule has 0 radical (unpaired) electrons. The topological polar surface area (TPSA) is 50.1 Å². The zero-order chi connectivity index (χ0) is 23.9. The summed E-state index contributed by atoms with van der Waals surface area (Å²) in [5.74, 6) is -0.755. The number of morpholine rings is 1. The number of benzene rings is 2. The molecule has 1 amide bonds. The van der Waals surface area contributed by atoms with Crippen LogP contribution >= 0.6 is 11.6 Å². The maximum absolute atomic E-state index is 14.4. The lowest BCUT2D eigenvalue weighted by Gasteiger charge is -2.49. The highest BCUT2D eigenvalue weighted by Gasteiger charge is 2.42. The van der Waals surface area contributed by atoms with Gasteiger partial charge in [-0.3, -0.25) is 9.69 Å². The van der Waals surface area contributed by atoms with Crippen molar-refractivity contribution in [3.05, 3.63) is 95.0 Å². The molecule has 0 aliphatic carbocycles. The SMILES string of the molecule is O=C(c1ccccc1F)N1C2COCC1CN(Cc1c(-c3ccc(Cl)cc3)nc3ccccn13)C2. The third kappa shape index (κ3) is 4.10. The molecular weight excluding hydrogens is 467 g/mol. The first-order valence-electron chi connectivity index (χ1n) is 11.7. The molecule has 2 aromatic heterocycles. The number of fused-ring (bicyclic) bond motifs is 3. The number of halogens is 2. The Balaban J connectivity index is 1.30. The maximum Gasteiger partial charge on any atom is 0.257 e. The van der Waals surface area contributed by atoms with Crippen LogP contribution in [0.5, 0.6) is 0 Å². The molecule has 0 N–H and O–H groups in total. The molecule has 2 unspecified atom stereocenters. The Labute approximate surface area is 207 Å². The van der Waals surface area contributed by atoms with Crippen LogP contribution in [-0.4, -0.2) is 63.5 Å². The van der Waals surface area contributed by atoms with Crippen LogP contribution in [0.4, 0.5) is 4.39 Å². The number of ether oxygens (including phenoxy) is 1. The van der Waals surface area contributed by atoms with Crippen LogP contribution < -0.4 is 0 Å². The van der Waals surface area contributed by atoms with Gasteiger partial charge in [0.2, 0.25) is 0 Å². The molecular formula is C27H24ClFN4O2. The normalized spacial score (nSPS) is 20.3. The third-order valence-electron chi connectivity index (χ3n) is 6.80. The van der Waals surface area contributed by atoms with Crippen LogP contribution in [0, 0.1) is 5.82 Å². The zero-order valence-electron chi connectivity index (χ0n) is 19.0. The van der Waals surface area contributed by atoms with Gasteiger partial charge in [0, 0.05) is 36.4 Å². The molecule has 2 bridgehead atoms. The number of rotatable bonds is 4. The van der Waals surface area contributed by atoms with Gasteiger partial charge >= 0.3 is 0 Å². The van der Waals surface area contributed by atoms with Crippen LogP contribution in [0.3, 0.4) is 0 Å². The summed E-state index contributed by atoms with van der Waals surface area (Å²) >= 11 is 6.12. The van der Waals surface area contributed by atoms with E-state index in [9.17, 15) is 9.18 Å². The Morgan fingerprint density at radius 1 is 1.00 bits per heavy atom. The standard InChI is InChI=1S/C27H24ClFN4O2/c28-19-10-8-18(9-11-19)26-24(32-12-4-3-7-25(32)30-26)15-31-13-20-16-35-17-21(14-31)33(20)27(34)22-5-1-2-6-23(22)29/h1-12,20-21H,13-17H2. The Morgan fingerprint density at radius 2 is 1.71 bits per heavy atom. The van der Waals surface area contributed by atoms with Crippen molar-refractivity contribution in [3.8, 4) is 11.3 Å². The minimum Gasteiger partial charge on any atom is -0.377 e. The highest BCUT2D eigenvalue weighted by molar-refractivity contribution is 6.30. The van der Waals surface area contributed by atoms with Gasteiger partial charge in [0.1, 0.15) is 11.5 Å². The summed E-state index contributed by atoms with van der Waals surface area (Å²) in [6, 6.07) is 19.6. The second-order valence-electron chi connectivity index (χ2n) is 9.07. The third-order valence-corrected chi connectivity index (χ3v) is 7.06. The average Bonchev–Trinajstić information content (AvgIpc) is 3.22. The first kappa shape index (κ1) is 22.2. The van der Waals surface area contributed by atoms with E-state index in [4.69, 9.17) is 21.3 Å². The van der Waals surface area contributed by atoms with Crippen molar-refractivity contribution < 1.29 is 13.9 Å². The van der Waals surface area contributed by atoms with Crippen molar-refractivity contribution in [3.63, 3.8) is 0 Å². The monoisotopic (exact) mass is 490 g/mol. The predicted molar refractivity (Wildman–Crippen MR) is 132 cm³/mol. The van der Waals surface area contributed by atoms with Gasteiger partial charge < -0.3 is 14.0 Å². The van der Waals surface area contributed by atoms with E-state index in [1.165, 1.54) is 6.07 Å².